The van der Waals surface area contributed by atoms with Crippen molar-refractivity contribution in [2.45, 2.75) is 72.0 Å². The Hall–Kier alpha value is -0.0800. The Labute approximate surface area is 103 Å². The summed E-state index contributed by atoms with van der Waals surface area (Å²) in [7, 11) is 4.32. The molecule has 0 rings (SSSR count). The third-order valence-corrected chi connectivity index (χ3v) is 3.46. The second kappa shape index (κ2) is 9.00. The van der Waals surface area contributed by atoms with Crippen LogP contribution in [0.3, 0.4) is 0 Å². The van der Waals surface area contributed by atoms with Gasteiger partial charge in [0, 0.05) is 6.04 Å². The van der Waals surface area contributed by atoms with E-state index in [2.05, 4.69) is 52.0 Å². The molecule has 2 heteroatoms. The largest absolute Gasteiger partial charge is 0.299 e. The van der Waals surface area contributed by atoms with Gasteiger partial charge in [-0.2, -0.15) is 0 Å². The van der Waals surface area contributed by atoms with E-state index >= 15 is 0 Å². The van der Waals surface area contributed by atoms with Crippen molar-refractivity contribution < 1.29 is 0 Å². The van der Waals surface area contributed by atoms with Gasteiger partial charge in [0.25, 0.3) is 0 Å². The third kappa shape index (κ3) is 6.49. The van der Waals surface area contributed by atoms with Crippen molar-refractivity contribution in [3.8, 4) is 0 Å². The molecular weight excluding hydrogens is 196 g/mol. The lowest BCUT2D eigenvalue weighted by molar-refractivity contribution is 0.201. The fourth-order valence-electron chi connectivity index (χ4n) is 2.17. The predicted octanol–water partition coefficient (Wildman–Crippen LogP) is 3.48. The van der Waals surface area contributed by atoms with Gasteiger partial charge in [-0.15, -0.1) is 0 Å². The van der Waals surface area contributed by atoms with Crippen LogP contribution >= 0.6 is 0 Å². The standard InChI is InChI=1S/C14H32N2/c1-7-10-13(11-12(4)8-2)15-14(9-3)16(5)6/h12-15H,7-11H2,1-6H3. The van der Waals surface area contributed by atoms with Crippen molar-refractivity contribution in [2.24, 2.45) is 5.92 Å². The number of nitrogens with zero attached hydrogens (tertiary/aromatic N) is 1. The van der Waals surface area contributed by atoms with Gasteiger partial charge < -0.3 is 0 Å². The SMILES string of the molecule is CCCC(CC(C)CC)NC(CC)N(C)C. The molecule has 0 aromatic rings. The minimum Gasteiger partial charge on any atom is -0.299 e. The second-order valence-electron chi connectivity index (χ2n) is 5.29. The molecule has 2 nitrogen and oxygen atoms in total. The van der Waals surface area contributed by atoms with Crippen molar-refractivity contribution in [3.63, 3.8) is 0 Å². The Balaban J connectivity index is 4.18. The van der Waals surface area contributed by atoms with Crippen LogP contribution in [0.4, 0.5) is 0 Å². The third-order valence-electron chi connectivity index (χ3n) is 3.46. The maximum atomic E-state index is 3.80. The van der Waals surface area contributed by atoms with Crippen LogP contribution in [-0.2, 0) is 0 Å². The highest BCUT2D eigenvalue weighted by atomic mass is 15.2. The van der Waals surface area contributed by atoms with E-state index in [1.807, 2.05) is 0 Å². The van der Waals surface area contributed by atoms with Gasteiger partial charge in [-0.3, -0.25) is 10.2 Å². The fourth-order valence-corrected chi connectivity index (χ4v) is 2.17. The summed E-state index contributed by atoms with van der Waals surface area (Å²) in [5.74, 6) is 0.837. The van der Waals surface area contributed by atoms with E-state index in [9.17, 15) is 0 Å². The molecule has 0 radical (unpaired) electrons. The minimum absolute atomic E-state index is 0.528. The van der Waals surface area contributed by atoms with Crippen LogP contribution < -0.4 is 5.32 Å². The van der Waals surface area contributed by atoms with Crippen molar-refractivity contribution in [1.82, 2.24) is 10.2 Å². The molecular formula is C14H32N2. The molecule has 0 fully saturated rings. The zero-order valence-electron chi connectivity index (χ0n) is 12.2. The first-order valence-electron chi connectivity index (χ1n) is 6.97. The van der Waals surface area contributed by atoms with Gasteiger partial charge >= 0.3 is 0 Å². The van der Waals surface area contributed by atoms with Gasteiger partial charge in [-0.25, -0.2) is 0 Å². The van der Waals surface area contributed by atoms with E-state index in [-0.39, 0.29) is 0 Å². The molecule has 0 spiro atoms. The molecule has 3 atom stereocenters. The minimum atomic E-state index is 0.528. The molecule has 0 bridgehead atoms. The van der Waals surface area contributed by atoms with Crippen LogP contribution in [0.15, 0.2) is 0 Å². The first kappa shape index (κ1) is 15.9. The molecule has 16 heavy (non-hydrogen) atoms. The van der Waals surface area contributed by atoms with E-state index in [4.69, 9.17) is 0 Å². The Morgan fingerprint density at radius 3 is 2.06 bits per heavy atom. The predicted molar refractivity (Wildman–Crippen MR) is 73.7 cm³/mol. The molecule has 3 unspecified atom stereocenters. The summed E-state index contributed by atoms with van der Waals surface area (Å²) in [5.41, 5.74) is 0. The van der Waals surface area contributed by atoms with E-state index in [1.54, 1.807) is 0 Å². The molecule has 0 heterocycles. The Bertz CT molecular complexity index is 157. The highest BCUT2D eigenvalue weighted by molar-refractivity contribution is 4.73. The number of nitrogens with one attached hydrogen (secondary N) is 1. The molecule has 0 aliphatic carbocycles. The fraction of sp³-hybridized carbons (Fsp3) is 1.00. The second-order valence-corrected chi connectivity index (χ2v) is 5.29. The lowest BCUT2D eigenvalue weighted by atomic mass is 9.96. The van der Waals surface area contributed by atoms with Crippen LogP contribution in [0.5, 0.6) is 0 Å². The topological polar surface area (TPSA) is 15.3 Å². The summed E-state index contributed by atoms with van der Waals surface area (Å²) in [4.78, 5) is 2.29. The number of hydrogen-bond donors (Lipinski definition) is 1. The molecule has 98 valence electrons. The van der Waals surface area contributed by atoms with Crippen LogP contribution in [0.2, 0.25) is 0 Å². The van der Waals surface area contributed by atoms with Gasteiger partial charge in [0.2, 0.25) is 0 Å². The van der Waals surface area contributed by atoms with Crippen LogP contribution in [0.25, 0.3) is 0 Å². The lowest BCUT2D eigenvalue weighted by Crippen LogP contribution is -2.46. The Morgan fingerprint density at radius 1 is 1.06 bits per heavy atom. The molecule has 0 aliphatic heterocycles. The summed E-state index contributed by atoms with van der Waals surface area (Å²) in [6, 6.07) is 0.687. The Kier molecular flexibility index (Phi) is 8.96. The average Bonchev–Trinajstić information content (AvgIpc) is 2.25. The van der Waals surface area contributed by atoms with E-state index in [1.165, 1.54) is 32.1 Å². The van der Waals surface area contributed by atoms with Crippen molar-refractivity contribution in [1.29, 1.82) is 0 Å². The first-order chi connectivity index (χ1) is 7.54. The molecule has 0 saturated carbocycles. The molecule has 0 aromatic heterocycles. The lowest BCUT2D eigenvalue weighted by Gasteiger charge is -2.31. The van der Waals surface area contributed by atoms with Gasteiger partial charge in [0.1, 0.15) is 0 Å². The van der Waals surface area contributed by atoms with Gasteiger partial charge in [0.05, 0.1) is 6.17 Å². The van der Waals surface area contributed by atoms with Crippen molar-refractivity contribution in [3.05, 3.63) is 0 Å². The molecule has 0 aromatic carbocycles. The zero-order chi connectivity index (χ0) is 12.6. The quantitative estimate of drug-likeness (QED) is 0.608. The highest BCUT2D eigenvalue weighted by Gasteiger charge is 2.16. The van der Waals surface area contributed by atoms with Gasteiger partial charge in [-0.05, 0) is 39.3 Å². The summed E-state index contributed by atoms with van der Waals surface area (Å²) < 4.78 is 0. The molecule has 1 N–H and O–H groups in total. The smallest absolute Gasteiger partial charge is 0.0591 e. The van der Waals surface area contributed by atoms with Crippen molar-refractivity contribution in [2.75, 3.05) is 14.1 Å². The highest BCUT2D eigenvalue weighted by Crippen LogP contribution is 2.14. The maximum Gasteiger partial charge on any atom is 0.0591 e. The zero-order valence-corrected chi connectivity index (χ0v) is 12.2. The van der Waals surface area contributed by atoms with E-state index in [0.717, 1.165) is 5.92 Å². The summed E-state index contributed by atoms with van der Waals surface area (Å²) >= 11 is 0. The molecule has 0 aliphatic rings. The molecule has 0 amide bonds. The molecule has 0 saturated heterocycles. The van der Waals surface area contributed by atoms with Crippen LogP contribution in [-0.4, -0.2) is 31.2 Å². The first-order valence-corrected chi connectivity index (χ1v) is 6.97. The average molecular weight is 228 g/mol. The normalized spacial score (nSPS) is 17.4. The monoisotopic (exact) mass is 228 g/mol. The maximum absolute atomic E-state index is 3.80. The summed E-state index contributed by atoms with van der Waals surface area (Å²) in [6.45, 7) is 9.18. The van der Waals surface area contributed by atoms with Crippen LogP contribution in [0, 0.1) is 5.92 Å². The van der Waals surface area contributed by atoms with E-state index < -0.39 is 0 Å². The number of hydrogen-bond acceptors (Lipinski definition) is 2. The van der Waals surface area contributed by atoms with E-state index in [0.29, 0.717) is 12.2 Å². The number of rotatable bonds is 9. The Morgan fingerprint density at radius 2 is 1.69 bits per heavy atom. The van der Waals surface area contributed by atoms with Crippen LogP contribution in [0.1, 0.15) is 59.8 Å². The van der Waals surface area contributed by atoms with Crippen molar-refractivity contribution >= 4 is 0 Å². The van der Waals surface area contributed by atoms with Gasteiger partial charge in [-0.1, -0.05) is 40.5 Å². The summed E-state index contributed by atoms with van der Waals surface area (Å²) in [5, 5.41) is 3.80. The van der Waals surface area contributed by atoms with Gasteiger partial charge in [0.15, 0.2) is 0 Å². The summed E-state index contributed by atoms with van der Waals surface area (Å²) in [6.07, 6.45) is 6.89.